The highest BCUT2D eigenvalue weighted by Gasteiger charge is 2.28. The molecule has 3 N–H and O–H groups in total. The molecule has 0 radical (unpaired) electrons. The standard InChI is InChI=1S/C27H32FN5O2/c1-16(2)24(29)26(34)35-15-23-17(3)25(32-27(31-23)30-21-11-9-20(28)10-12-21)33-14-13-19-7-5-6-8-22(19)18(33)4/h5-12,16,18,24H,13-15,29H2,1-4H3,(H,30,31,32)/t18?,24-/m0/s1. The van der Waals surface area contributed by atoms with Crippen molar-refractivity contribution in [3.05, 3.63) is 76.7 Å². The first-order valence-electron chi connectivity index (χ1n) is 11.9. The van der Waals surface area contributed by atoms with Gasteiger partial charge in [0.15, 0.2) is 0 Å². The number of hydrogen-bond donors (Lipinski definition) is 2. The number of nitrogens with zero attached hydrogens (tertiary/aromatic N) is 3. The fourth-order valence-electron chi connectivity index (χ4n) is 4.26. The summed E-state index contributed by atoms with van der Waals surface area (Å²) in [6.45, 7) is 8.63. The first-order chi connectivity index (χ1) is 16.7. The predicted molar refractivity (Wildman–Crippen MR) is 135 cm³/mol. The van der Waals surface area contributed by atoms with Crippen LogP contribution in [0.4, 0.5) is 21.8 Å². The van der Waals surface area contributed by atoms with Crippen LogP contribution in [0.25, 0.3) is 0 Å². The Labute approximate surface area is 205 Å². The molecule has 0 spiro atoms. The van der Waals surface area contributed by atoms with E-state index in [0.29, 0.717) is 17.3 Å². The van der Waals surface area contributed by atoms with Gasteiger partial charge >= 0.3 is 5.97 Å². The van der Waals surface area contributed by atoms with Crippen LogP contribution in [0.1, 0.15) is 49.2 Å². The molecule has 0 saturated heterocycles. The summed E-state index contributed by atoms with van der Waals surface area (Å²) < 4.78 is 18.9. The number of nitrogens with one attached hydrogen (secondary N) is 1. The van der Waals surface area contributed by atoms with Crippen molar-refractivity contribution in [3.63, 3.8) is 0 Å². The minimum absolute atomic E-state index is 0.0164. The Morgan fingerprint density at radius 1 is 1.20 bits per heavy atom. The second kappa shape index (κ2) is 10.4. The number of rotatable bonds is 7. The van der Waals surface area contributed by atoms with E-state index in [9.17, 15) is 9.18 Å². The quantitative estimate of drug-likeness (QED) is 0.471. The van der Waals surface area contributed by atoms with Gasteiger partial charge in [0.05, 0.1) is 11.7 Å². The zero-order valence-corrected chi connectivity index (χ0v) is 20.6. The Kier molecular flexibility index (Phi) is 7.31. The SMILES string of the molecule is Cc1c(COC(=O)[C@@H](N)C(C)C)nc(Nc2ccc(F)cc2)nc1N1CCc2ccccc2C1C. The number of hydrogen-bond acceptors (Lipinski definition) is 7. The van der Waals surface area contributed by atoms with Crippen molar-refractivity contribution in [1.29, 1.82) is 0 Å². The highest BCUT2D eigenvalue weighted by atomic mass is 19.1. The molecule has 0 bridgehead atoms. The van der Waals surface area contributed by atoms with E-state index in [0.717, 1.165) is 24.3 Å². The van der Waals surface area contributed by atoms with Crippen LogP contribution in [-0.2, 0) is 22.6 Å². The molecule has 35 heavy (non-hydrogen) atoms. The molecule has 4 rings (SSSR count). The highest BCUT2D eigenvalue weighted by Crippen LogP contribution is 2.35. The van der Waals surface area contributed by atoms with Crippen LogP contribution in [0, 0.1) is 18.7 Å². The van der Waals surface area contributed by atoms with Crippen LogP contribution in [0.5, 0.6) is 0 Å². The normalized spacial score (nSPS) is 16.1. The van der Waals surface area contributed by atoms with E-state index in [1.54, 1.807) is 12.1 Å². The van der Waals surface area contributed by atoms with E-state index in [1.807, 2.05) is 20.8 Å². The Hall–Kier alpha value is -3.52. The van der Waals surface area contributed by atoms with E-state index < -0.39 is 12.0 Å². The van der Waals surface area contributed by atoms with Gasteiger partial charge in [0.1, 0.15) is 24.3 Å². The van der Waals surface area contributed by atoms with Crippen LogP contribution in [0.3, 0.4) is 0 Å². The third-order valence-corrected chi connectivity index (χ3v) is 6.53. The lowest BCUT2D eigenvalue weighted by Crippen LogP contribution is -2.37. The molecule has 0 aliphatic carbocycles. The number of nitrogens with two attached hydrogens (primary N) is 1. The maximum Gasteiger partial charge on any atom is 0.323 e. The predicted octanol–water partition coefficient (Wildman–Crippen LogP) is 4.82. The Morgan fingerprint density at radius 2 is 1.91 bits per heavy atom. The molecule has 0 saturated carbocycles. The van der Waals surface area contributed by atoms with Crippen molar-refractivity contribution in [2.45, 2.75) is 52.8 Å². The second-order valence-corrected chi connectivity index (χ2v) is 9.27. The number of carbonyl (C=O) groups excluding carboxylic acids is 1. The average Bonchev–Trinajstić information content (AvgIpc) is 2.85. The molecule has 2 aromatic carbocycles. The lowest BCUT2D eigenvalue weighted by molar-refractivity contribution is -0.147. The lowest BCUT2D eigenvalue weighted by atomic mass is 9.93. The largest absolute Gasteiger partial charge is 0.458 e. The first-order valence-corrected chi connectivity index (χ1v) is 11.9. The summed E-state index contributed by atoms with van der Waals surface area (Å²) in [4.78, 5) is 24.1. The molecule has 8 heteroatoms. The topological polar surface area (TPSA) is 93.4 Å². The van der Waals surface area contributed by atoms with E-state index in [4.69, 9.17) is 15.5 Å². The van der Waals surface area contributed by atoms with Gasteiger partial charge in [-0.15, -0.1) is 0 Å². The van der Waals surface area contributed by atoms with Gasteiger partial charge in [-0.25, -0.2) is 9.37 Å². The van der Waals surface area contributed by atoms with Crippen molar-refractivity contribution in [2.75, 3.05) is 16.8 Å². The van der Waals surface area contributed by atoms with E-state index >= 15 is 0 Å². The molecule has 1 unspecified atom stereocenters. The van der Waals surface area contributed by atoms with Gasteiger partial charge in [-0.05, 0) is 61.6 Å². The van der Waals surface area contributed by atoms with Gasteiger partial charge in [0.2, 0.25) is 5.95 Å². The Bertz CT molecular complexity index is 1200. The van der Waals surface area contributed by atoms with Gasteiger partial charge in [0, 0.05) is 17.8 Å². The maximum atomic E-state index is 13.4. The van der Waals surface area contributed by atoms with Gasteiger partial charge in [0.25, 0.3) is 0 Å². The minimum atomic E-state index is -0.702. The number of esters is 1. The number of aromatic nitrogens is 2. The Balaban J connectivity index is 1.68. The number of ether oxygens (including phenoxy) is 1. The van der Waals surface area contributed by atoms with Crippen LogP contribution < -0.4 is 16.0 Å². The van der Waals surface area contributed by atoms with E-state index in [-0.39, 0.29) is 24.4 Å². The van der Waals surface area contributed by atoms with E-state index in [1.165, 1.54) is 23.3 Å². The number of fused-ring (bicyclic) bond motifs is 1. The molecule has 1 aliphatic heterocycles. The van der Waals surface area contributed by atoms with Gasteiger partial charge in [-0.1, -0.05) is 38.1 Å². The lowest BCUT2D eigenvalue weighted by Gasteiger charge is -2.37. The number of carbonyl (C=O) groups is 1. The third-order valence-electron chi connectivity index (χ3n) is 6.53. The molecule has 0 amide bonds. The zero-order valence-electron chi connectivity index (χ0n) is 20.6. The third kappa shape index (κ3) is 5.43. The fraction of sp³-hybridized carbons (Fsp3) is 0.370. The molecule has 184 valence electrons. The van der Waals surface area contributed by atoms with Gasteiger partial charge < -0.3 is 20.7 Å². The van der Waals surface area contributed by atoms with Crippen LogP contribution >= 0.6 is 0 Å². The summed E-state index contributed by atoms with van der Waals surface area (Å²) in [6, 6.07) is 13.8. The second-order valence-electron chi connectivity index (χ2n) is 9.27. The van der Waals surface area contributed by atoms with Crippen molar-refractivity contribution in [3.8, 4) is 0 Å². The van der Waals surface area contributed by atoms with Crippen molar-refractivity contribution in [1.82, 2.24) is 9.97 Å². The van der Waals surface area contributed by atoms with Crippen molar-refractivity contribution in [2.24, 2.45) is 11.7 Å². The summed E-state index contributed by atoms with van der Waals surface area (Å²) in [5.74, 6) is 0.298. The monoisotopic (exact) mass is 477 g/mol. The molecule has 0 fully saturated rings. The summed E-state index contributed by atoms with van der Waals surface area (Å²) in [5, 5.41) is 3.16. The molecule has 2 heterocycles. The number of halogens is 1. The van der Waals surface area contributed by atoms with Crippen LogP contribution in [0.15, 0.2) is 48.5 Å². The van der Waals surface area contributed by atoms with Crippen molar-refractivity contribution < 1.29 is 13.9 Å². The summed E-state index contributed by atoms with van der Waals surface area (Å²) in [7, 11) is 0. The average molecular weight is 478 g/mol. The fourth-order valence-corrected chi connectivity index (χ4v) is 4.26. The summed E-state index contributed by atoms with van der Waals surface area (Å²) in [5.41, 5.74) is 10.6. The molecule has 2 atom stereocenters. The van der Waals surface area contributed by atoms with Gasteiger partial charge in [-0.2, -0.15) is 4.98 Å². The maximum absolute atomic E-state index is 13.4. The van der Waals surface area contributed by atoms with E-state index in [2.05, 4.69) is 46.4 Å². The molecule has 1 aliphatic rings. The van der Waals surface area contributed by atoms with Crippen LogP contribution in [-0.4, -0.2) is 28.5 Å². The molecular formula is C27H32FN5O2. The van der Waals surface area contributed by atoms with Crippen molar-refractivity contribution >= 4 is 23.4 Å². The smallest absolute Gasteiger partial charge is 0.323 e. The Morgan fingerprint density at radius 3 is 2.63 bits per heavy atom. The van der Waals surface area contributed by atoms with Crippen LogP contribution in [0.2, 0.25) is 0 Å². The summed E-state index contributed by atoms with van der Waals surface area (Å²) in [6.07, 6.45) is 0.901. The molecule has 1 aromatic heterocycles. The number of anilines is 3. The minimum Gasteiger partial charge on any atom is -0.458 e. The molecular weight excluding hydrogens is 445 g/mol. The molecule has 7 nitrogen and oxygen atoms in total. The molecule has 3 aromatic rings. The van der Waals surface area contributed by atoms with Gasteiger partial charge in [-0.3, -0.25) is 4.79 Å². The summed E-state index contributed by atoms with van der Waals surface area (Å²) >= 11 is 0. The number of benzene rings is 2. The zero-order chi connectivity index (χ0) is 25.1. The highest BCUT2D eigenvalue weighted by molar-refractivity contribution is 5.75. The first kappa shape index (κ1) is 24.6.